The van der Waals surface area contributed by atoms with Crippen molar-refractivity contribution in [2.45, 2.75) is 38.8 Å². The molecule has 3 heterocycles. The number of hydrogen-bond acceptors (Lipinski definition) is 6. The van der Waals surface area contributed by atoms with E-state index in [0.29, 0.717) is 50.1 Å². The molecular formula is C24H28Cl2N6O. The molecule has 33 heavy (non-hydrogen) atoms. The average molecular weight is 487 g/mol. The van der Waals surface area contributed by atoms with Crippen LogP contribution in [0.25, 0.3) is 0 Å². The van der Waals surface area contributed by atoms with Crippen molar-refractivity contribution in [3.63, 3.8) is 0 Å². The number of hydrogen-bond donors (Lipinski definition) is 2. The molecule has 1 aliphatic rings. The van der Waals surface area contributed by atoms with E-state index in [1.54, 1.807) is 30.6 Å². The zero-order valence-electron chi connectivity index (χ0n) is 19.0. The van der Waals surface area contributed by atoms with Crippen LogP contribution in [0.15, 0.2) is 36.8 Å². The summed E-state index contributed by atoms with van der Waals surface area (Å²) in [7, 11) is 2.14. The third-order valence-corrected chi connectivity index (χ3v) is 6.93. The molecule has 1 aromatic carbocycles. The van der Waals surface area contributed by atoms with E-state index in [9.17, 15) is 0 Å². The fourth-order valence-corrected chi connectivity index (χ4v) is 4.77. The highest BCUT2D eigenvalue weighted by Gasteiger charge is 2.21. The van der Waals surface area contributed by atoms with Gasteiger partial charge < -0.3 is 15.4 Å². The zero-order valence-corrected chi connectivity index (χ0v) is 20.5. The van der Waals surface area contributed by atoms with Crippen molar-refractivity contribution in [3.8, 4) is 5.75 Å². The van der Waals surface area contributed by atoms with Gasteiger partial charge in [0.1, 0.15) is 11.9 Å². The lowest BCUT2D eigenvalue weighted by molar-refractivity contribution is 0.212. The van der Waals surface area contributed by atoms with E-state index in [-0.39, 0.29) is 0 Å². The van der Waals surface area contributed by atoms with Crippen LogP contribution in [0, 0.1) is 12.3 Å². The number of rotatable bonds is 6. The number of likely N-dealkylation sites (tertiary alicyclic amines) is 1. The summed E-state index contributed by atoms with van der Waals surface area (Å²) in [6.45, 7) is 5.79. The van der Waals surface area contributed by atoms with E-state index in [1.165, 1.54) is 0 Å². The number of piperidine rings is 1. The summed E-state index contributed by atoms with van der Waals surface area (Å²) in [4.78, 5) is 6.50. The molecule has 4 rings (SSSR count). The highest BCUT2D eigenvalue weighted by molar-refractivity contribution is 6.36. The summed E-state index contributed by atoms with van der Waals surface area (Å²) in [6, 6.07) is 5.65. The van der Waals surface area contributed by atoms with Gasteiger partial charge in [-0.1, -0.05) is 23.2 Å². The van der Waals surface area contributed by atoms with Gasteiger partial charge in [0.05, 0.1) is 33.7 Å². The van der Waals surface area contributed by atoms with Crippen molar-refractivity contribution < 1.29 is 4.74 Å². The topological polar surface area (TPSA) is 93.0 Å². The Kier molecular flexibility index (Phi) is 6.93. The van der Waals surface area contributed by atoms with E-state index in [0.717, 1.165) is 31.5 Å². The maximum atomic E-state index is 8.76. The van der Waals surface area contributed by atoms with E-state index >= 15 is 0 Å². The molecule has 0 unspecified atom stereocenters. The standard InChI is InChI=1S/C24H28Cl2N6O/c1-14-23(26)22(20(25)12-29-14)15(2)33-18-4-5-21(27)19(10-18)24(28)16-11-30-32(13-16)17-6-8-31(3)9-7-17/h4-5,10-13,15,17,28H,6-9,27H2,1-3H3/t15-/m1/s1. The Morgan fingerprint density at radius 1 is 1.24 bits per heavy atom. The molecule has 9 heteroatoms. The van der Waals surface area contributed by atoms with Crippen molar-refractivity contribution in [1.29, 1.82) is 5.41 Å². The number of nitrogen functional groups attached to an aromatic ring is 1. The lowest BCUT2D eigenvalue weighted by Gasteiger charge is -2.28. The van der Waals surface area contributed by atoms with Gasteiger partial charge >= 0.3 is 0 Å². The first-order chi connectivity index (χ1) is 15.7. The van der Waals surface area contributed by atoms with E-state index < -0.39 is 6.10 Å². The van der Waals surface area contributed by atoms with Gasteiger partial charge in [0.15, 0.2) is 0 Å². The van der Waals surface area contributed by atoms with Gasteiger partial charge in [-0.3, -0.25) is 15.1 Å². The Hall–Kier alpha value is -2.61. The first-order valence-corrected chi connectivity index (χ1v) is 11.7. The number of nitrogens with two attached hydrogens (primary N) is 1. The Bertz CT molecular complexity index is 1170. The molecule has 1 atom stereocenters. The van der Waals surface area contributed by atoms with Gasteiger partial charge in [-0.2, -0.15) is 5.10 Å². The number of ether oxygens (including phenoxy) is 1. The van der Waals surface area contributed by atoms with Gasteiger partial charge in [0, 0.05) is 34.8 Å². The third-order valence-electron chi connectivity index (χ3n) is 6.15. The summed E-state index contributed by atoms with van der Waals surface area (Å²) in [5, 5.41) is 14.2. The molecule has 3 aromatic rings. The summed E-state index contributed by atoms with van der Waals surface area (Å²) < 4.78 is 8.11. The SMILES string of the molecule is Cc1ncc(Cl)c([C@@H](C)Oc2ccc(N)c(C(=N)c3cnn(C4CCN(C)CC4)c3)c2)c1Cl. The first kappa shape index (κ1) is 23.5. The van der Waals surface area contributed by atoms with Crippen LogP contribution in [0.4, 0.5) is 5.69 Å². The molecule has 0 spiro atoms. The molecule has 2 aromatic heterocycles. The number of anilines is 1. The zero-order chi connectivity index (χ0) is 23.7. The smallest absolute Gasteiger partial charge is 0.124 e. The van der Waals surface area contributed by atoms with Crippen molar-refractivity contribution in [3.05, 3.63) is 69.2 Å². The van der Waals surface area contributed by atoms with Gasteiger partial charge in [-0.05, 0) is 65.0 Å². The molecule has 1 fully saturated rings. The summed E-state index contributed by atoms with van der Waals surface area (Å²) in [6.07, 6.45) is 6.93. The second-order valence-corrected chi connectivity index (χ2v) is 9.33. The van der Waals surface area contributed by atoms with Crippen LogP contribution < -0.4 is 10.5 Å². The quantitative estimate of drug-likeness (QED) is 0.364. The molecule has 0 saturated carbocycles. The minimum absolute atomic E-state index is 0.306. The second kappa shape index (κ2) is 9.71. The summed E-state index contributed by atoms with van der Waals surface area (Å²) in [5.41, 5.74) is 9.71. The van der Waals surface area contributed by atoms with Crippen LogP contribution in [0.5, 0.6) is 5.75 Å². The number of aryl methyl sites for hydroxylation is 1. The van der Waals surface area contributed by atoms with E-state index in [2.05, 4.69) is 22.0 Å². The highest BCUT2D eigenvalue weighted by Crippen LogP contribution is 2.35. The molecular weight excluding hydrogens is 459 g/mol. The maximum Gasteiger partial charge on any atom is 0.124 e. The van der Waals surface area contributed by atoms with Crippen LogP contribution in [0.3, 0.4) is 0 Å². The van der Waals surface area contributed by atoms with Crippen molar-refractivity contribution in [2.75, 3.05) is 25.9 Å². The summed E-state index contributed by atoms with van der Waals surface area (Å²) in [5.74, 6) is 0.570. The average Bonchev–Trinajstić information content (AvgIpc) is 3.28. The lowest BCUT2D eigenvalue weighted by Crippen LogP contribution is -2.31. The largest absolute Gasteiger partial charge is 0.486 e. The normalized spacial score (nSPS) is 16.0. The minimum Gasteiger partial charge on any atom is -0.486 e. The number of nitrogens with zero attached hydrogens (tertiary/aromatic N) is 4. The van der Waals surface area contributed by atoms with Crippen molar-refractivity contribution in [2.24, 2.45) is 0 Å². The molecule has 7 nitrogen and oxygen atoms in total. The maximum absolute atomic E-state index is 8.76. The molecule has 0 amide bonds. The summed E-state index contributed by atoms with van der Waals surface area (Å²) >= 11 is 12.8. The predicted octanol–water partition coefficient (Wildman–Crippen LogP) is 5.30. The molecule has 1 saturated heterocycles. The number of nitrogens with one attached hydrogen (secondary N) is 1. The lowest BCUT2D eigenvalue weighted by atomic mass is 10.0. The van der Waals surface area contributed by atoms with Crippen LogP contribution >= 0.6 is 23.2 Å². The number of aromatic nitrogens is 3. The van der Waals surface area contributed by atoms with Crippen molar-refractivity contribution >= 4 is 34.6 Å². The molecule has 174 valence electrons. The molecule has 0 radical (unpaired) electrons. The van der Waals surface area contributed by atoms with Crippen LogP contribution in [-0.4, -0.2) is 45.5 Å². The monoisotopic (exact) mass is 486 g/mol. The second-order valence-electron chi connectivity index (χ2n) is 8.55. The van der Waals surface area contributed by atoms with E-state index in [4.69, 9.17) is 39.1 Å². The van der Waals surface area contributed by atoms with Gasteiger partial charge in [-0.15, -0.1) is 0 Å². The highest BCUT2D eigenvalue weighted by atomic mass is 35.5. The van der Waals surface area contributed by atoms with Crippen LogP contribution in [-0.2, 0) is 0 Å². The third kappa shape index (κ3) is 5.00. The van der Waals surface area contributed by atoms with Gasteiger partial charge in [-0.25, -0.2) is 0 Å². The number of benzene rings is 1. The van der Waals surface area contributed by atoms with Gasteiger partial charge in [0.25, 0.3) is 0 Å². The molecule has 3 N–H and O–H groups in total. The first-order valence-electron chi connectivity index (χ1n) is 10.9. The number of pyridine rings is 1. The molecule has 0 bridgehead atoms. The predicted molar refractivity (Wildman–Crippen MR) is 133 cm³/mol. The van der Waals surface area contributed by atoms with E-state index in [1.807, 2.05) is 24.7 Å². The Morgan fingerprint density at radius 2 is 1.97 bits per heavy atom. The number of halogens is 2. The fourth-order valence-electron chi connectivity index (χ4n) is 4.12. The molecule has 0 aliphatic carbocycles. The van der Waals surface area contributed by atoms with Crippen LogP contribution in [0.2, 0.25) is 10.0 Å². The Balaban J connectivity index is 1.54. The van der Waals surface area contributed by atoms with Crippen molar-refractivity contribution in [1.82, 2.24) is 19.7 Å². The molecule has 1 aliphatic heterocycles. The Morgan fingerprint density at radius 3 is 2.70 bits per heavy atom. The Labute approximate surface area is 204 Å². The fraction of sp³-hybridized carbons (Fsp3) is 0.375. The van der Waals surface area contributed by atoms with Gasteiger partial charge in [0.2, 0.25) is 0 Å². The minimum atomic E-state index is -0.412. The van der Waals surface area contributed by atoms with Crippen LogP contribution in [0.1, 0.15) is 54.3 Å².